The molecule has 0 N–H and O–H groups in total. The van der Waals surface area contributed by atoms with Gasteiger partial charge in [0.05, 0.1) is 0 Å². The lowest BCUT2D eigenvalue weighted by molar-refractivity contribution is 0.0602. The van der Waals surface area contributed by atoms with Gasteiger partial charge in [0.1, 0.15) is 34.4 Å². The van der Waals surface area contributed by atoms with Crippen LogP contribution in [-0.2, 0) is 0 Å². The van der Waals surface area contributed by atoms with Crippen molar-refractivity contribution < 1.29 is 27.2 Å². The number of nitrogens with zero attached hydrogens (tertiary/aromatic N) is 1. The number of hydrogen-bond acceptors (Lipinski definition) is 2. The van der Waals surface area contributed by atoms with Gasteiger partial charge in [0.2, 0.25) is 0 Å². The Morgan fingerprint density at radius 3 is 1.58 bits per heavy atom. The number of hydrogen-bond donors (Lipinski definition) is 0. The van der Waals surface area contributed by atoms with Gasteiger partial charge in [-0.2, -0.15) is 0 Å². The van der Waals surface area contributed by atoms with Crippen molar-refractivity contribution in [2.24, 2.45) is 0 Å². The first-order valence-electron chi connectivity index (χ1n) is 10.5. The zero-order chi connectivity index (χ0) is 23.1. The summed E-state index contributed by atoms with van der Waals surface area (Å²) in [5.41, 5.74) is -1.78. The Bertz CT molecular complexity index is 890. The average molecular weight is 437 g/mol. The van der Waals surface area contributed by atoms with Crippen LogP contribution in [0.2, 0.25) is 0 Å². The summed E-state index contributed by atoms with van der Waals surface area (Å²) in [6, 6.07) is 4.18. The summed E-state index contributed by atoms with van der Waals surface area (Å²) in [6.45, 7) is 4.56. The lowest BCUT2D eigenvalue weighted by Gasteiger charge is -2.22. The van der Waals surface area contributed by atoms with Crippen LogP contribution in [-0.4, -0.2) is 23.3 Å². The highest BCUT2D eigenvalue weighted by Gasteiger charge is 2.32. The highest BCUT2D eigenvalue weighted by atomic mass is 19.1. The molecule has 0 spiro atoms. The zero-order valence-corrected chi connectivity index (χ0v) is 18.0. The van der Waals surface area contributed by atoms with Crippen molar-refractivity contribution in [2.75, 3.05) is 6.54 Å². The number of amides is 2. The maximum Gasteiger partial charge on any atom is 0.266 e. The van der Waals surface area contributed by atoms with Gasteiger partial charge in [0.25, 0.3) is 11.8 Å². The molecule has 31 heavy (non-hydrogen) atoms. The molecule has 2 rings (SSSR count). The minimum Gasteiger partial charge on any atom is -0.274 e. The quantitative estimate of drug-likeness (QED) is 0.255. The van der Waals surface area contributed by atoms with Crippen LogP contribution in [0, 0.1) is 37.1 Å². The molecule has 2 amide bonds. The smallest absolute Gasteiger partial charge is 0.266 e. The second-order valence-corrected chi connectivity index (χ2v) is 7.64. The van der Waals surface area contributed by atoms with Crippen LogP contribution in [0.3, 0.4) is 0 Å². The van der Waals surface area contributed by atoms with E-state index in [0.29, 0.717) is 17.7 Å². The predicted octanol–water partition coefficient (Wildman–Crippen LogP) is 6.50. The van der Waals surface area contributed by atoms with Crippen LogP contribution in [0.5, 0.6) is 0 Å². The van der Waals surface area contributed by atoms with Crippen molar-refractivity contribution in [1.29, 1.82) is 0 Å². The van der Waals surface area contributed by atoms with E-state index in [1.807, 2.05) is 0 Å². The molecule has 0 aromatic heterocycles. The molecule has 0 bridgehead atoms. The van der Waals surface area contributed by atoms with E-state index in [-0.39, 0.29) is 17.7 Å². The molecular weight excluding hydrogens is 410 g/mol. The minimum atomic E-state index is -1.25. The van der Waals surface area contributed by atoms with Crippen LogP contribution in [0.4, 0.5) is 17.6 Å². The van der Waals surface area contributed by atoms with Crippen molar-refractivity contribution in [1.82, 2.24) is 4.90 Å². The molecule has 0 saturated carbocycles. The topological polar surface area (TPSA) is 37.4 Å². The summed E-state index contributed by atoms with van der Waals surface area (Å²) in [5, 5.41) is 0. The Kier molecular flexibility index (Phi) is 8.77. The second-order valence-electron chi connectivity index (χ2n) is 7.64. The van der Waals surface area contributed by atoms with Crippen LogP contribution in [0.15, 0.2) is 24.3 Å². The molecule has 0 unspecified atom stereocenters. The highest BCUT2D eigenvalue weighted by molar-refractivity contribution is 6.10. The Morgan fingerprint density at radius 1 is 0.710 bits per heavy atom. The van der Waals surface area contributed by atoms with E-state index in [1.165, 1.54) is 26.0 Å². The predicted molar refractivity (Wildman–Crippen MR) is 111 cm³/mol. The third-order valence-corrected chi connectivity index (χ3v) is 5.22. The van der Waals surface area contributed by atoms with E-state index in [9.17, 15) is 27.2 Å². The van der Waals surface area contributed by atoms with Gasteiger partial charge in [-0.3, -0.25) is 14.5 Å². The number of halogens is 4. The number of unbranched alkanes of at least 4 members (excludes halogenated alkanes) is 5. The second kappa shape index (κ2) is 11.1. The number of rotatable bonds is 9. The van der Waals surface area contributed by atoms with Gasteiger partial charge >= 0.3 is 0 Å². The molecule has 0 saturated heterocycles. The third-order valence-electron chi connectivity index (χ3n) is 5.22. The molecule has 0 heterocycles. The lowest BCUT2D eigenvalue weighted by atomic mass is 10.0. The summed E-state index contributed by atoms with van der Waals surface area (Å²) >= 11 is 0. The number of imide groups is 1. The van der Waals surface area contributed by atoms with Gasteiger partial charge in [-0.15, -0.1) is 0 Å². The SMILES string of the molecule is CCCCCCCCN(C(=O)c1c(F)ccc(C)c1F)C(=O)c1c(F)ccc(C)c1F. The summed E-state index contributed by atoms with van der Waals surface area (Å²) in [5.74, 6) is -6.99. The summed E-state index contributed by atoms with van der Waals surface area (Å²) in [6.07, 6.45) is 4.92. The van der Waals surface area contributed by atoms with E-state index in [1.54, 1.807) is 0 Å². The first kappa shape index (κ1) is 24.6. The number of carbonyl (C=O) groups excluding carboxylic acids is 2. The van der Waals surface area contributed by atoms with Crippen molar-refractivity contribution in [3.63, 3.8) is 0 Å². The molecule has 0 aliphatic carbocycles. The molecule has 0 aliphatic rings. The number of benzene rings is 2. The summed E-state index contributed by atoms with van der Waals surface area (Å²) in [7, 11) is 0. The average Bonchev–Trinajstić information content (AvgIpc) is 2.73. The Balaban J connectivity index is 2.40. The Hall–Kier alpha value is -2.70. The van der Waals surface area contributed by atoms with Crippen molar-refractivity contribution in [3.8, 4) is 0 Å². The molecular formula is C24H27F4NO2. The fraction of sp³-hybridized carbons (Fsp3) is 0.417. The Labute approximate surface area is 180 Å². The monoisotopic (exact) mass is 437 g/mol. The molecule has 168 valence electrons. The minimum absolute atomic E-state index is 0.0182. The molecule has 0 fully saturated rings. The first-order valence-corrected chi connectivity index (χ1v) is 10.5. The zero-order valence-electron chi connectivity index (χ0n) is 18.0. The third kappa shape index (κ3) is 5.71. The fourth-order valence-corrected chi connectivity index (χ4v) is 3.32. The first-order chi connectivity index (χ1) is 14.7. The molecule has 3 nitrogen and oxygen atoms in total. The van der Waals surface area contributed by atoms with Gasteiger partial charge in [0, 0.05) is 6.54 Å². The normalized spacial score (nSPS) is 10.9. The Morgan fingerprint density at radius 2 is 1.13 bits per heavy atom. The molecule has 0 radical (unpaired) electrons. The number of carbonyl (C=O) groups is 2. The molecule has 0 atom stereocenters. The maximum absolute atomic E-state index is 14.5. The lowest BCUT2D eigenvalue weighted by Crippen LogP contribution is -2.39. The van der Waals surface area contributed by atoms with E-state index in [2.05, 4.69) is 6.92 Å². The number of aryl methyl sites for hydroxylation is 2. The summed E-state index contributed by atoms with van der Waals surface area (Å²) < 4.78 is 57.7. The van der Waals surface area contributed by atoms with E-state index in [4.69, 9.17) is 0 Å². The van der Waals surface area contributed by atoms with E-state index in [0.717, 1.165) is 37.8 Å². The highest BCUT2D eigenvalue weighted by Crippen LogP contribution is 2.23. The van der Waals surface area contributed by atoms with Gasteiger partial charge in [0.15, 0.2) is 0 Å². The van der Waals surface area contributed by atoms with Gasteiger partial charge in [-0.05, 0) is 43.5 Å². The molecule has 0 aliphatic heterocycles. The van der Waals surface area contributed by atoms with Crippen LogP contribution < -0.4 is 0 Å². The largest absolute Gasteiger partial charge is 0.274 e. The van der Waals surface area contributed by atoms with Crippen molar-refractivity contribution >= 4 is 11.8 Å². The molecule has 7 heteroatoms. The fourth-order valence-electron chi connectivity index (χ4n) is 3.32. The van der Waals surface area contributed by atoms with Gasteiger partial charge < -0.3 is 0 Å². The van der Waals surface area contributed by atoms with Crippen LogP contribution >= 0.6 is 0 Å². The van der Waals surface area contributed by atoms with Crippen LogP contribution in [0.25, 0.3) is 0 Å². The van der Waals surface area contributed by atoms with E-state index >= 15 is 0 Å². The van der Waals surface area contributed by atoms with Gasteiger partial charge in [-0.1, -0.05) is 51.2 Å². The van der Waals surface area contributed by atoms with Crippen molar-refractivity contribution in [3.05, 3.63) is 69.8 Å². The van der Waals surface area contributed by atoms with Crippen molar-refractivity contribution in [2.45, 2.75) is 59.3 Å². The maximum atomic E-state index is 14.5. The van der Waals surface area contributed by atoms with E-state index < -0.39 is 46.2 Å². The standard InChI is InChI=1S/C24H27F4NO2/c1-4-5-6-7-8-9-14-29(23(30)19-17(25)12-10-15(2)21(19)27)24(31)20-18(26)13-11-16(3)22(20)28/h10-13H,4-9,14H2,1-3H3. The molecule has 2 aromatic rings. The summed E-state index contributed by atoms with van der Waals surface area (Å²) in [4.78, 5) is 26.6. The molecule has 2 aromatic carbocycles. The van der Waals surface area contributed by atoms with Crippen LogP contribution in [0.1, 0.15) is 77.3 Å². The van der Waals surface area contributed by atoms with Gasteiger partial charge in [-0.25, -0.2) is 17.6 Å².